The number of aromatic nitrogens is 3. The average Bonchev–Trinajstić information content (AvgIpc) is 2.98. The van der Waals surface area contributed by atoms with Crippen molar-refractivity contribution in [2.24, 2.45) is 11.8 Å². The second-order valence-electron chi connectivity index (χ2n) is 5.82. The van der Waals surface area contributed by atoms with Gasteiger partial charge in [-0.3, -0.25) is 0 Å². The zero-order valence-electron chi connectivity index (χ0n) is 12.1. The summed E-state index contributed by atoms with van der Waals surface area (Å²) in [4.78, 5) is 10.6. The van der Waals surface area contributed by atoms with Crippen molar-refractivity contribution >= 4 is 28.5 Å². The zero-order chi connectivity index (χ0) is 16.6. The molecule has 4 atom stereocenters. The van der Waals surface area contributed by atoms with Crippen LogP contribution in [0, 0.1) is 11.8 Å². The molecule has 0 bridgehead atoms. The summed E-state index contributed by atoms with van der Waals surface area (Å²) in [6, 6.07) is 1.48. The topological polar surface area (TPSA) is 94.1 Å². The van der Waals surface area contributed by atoms with Crippen LogP contribution in [0.25, 0.3) is 11.2 Å². The van der Waals surface area contributed by atoms with Gasteiger partial charge in [-0.15, -0.1) is 0 Å². The molecular weight excluding hydrogens is 330 g/mol. The van der Waals surface area contributed by atoms with E-state index in [1.165, 1.54) is 12.4 Å². The highest BCUT2D eigenvalue weighted by Gasteiger charge is 2.52. The van der Waals surface area contributed by atoms with Crippen LogP contribution in [0.4, 0.5) is 14.5 Å². The Hall–Kier alpha value is -1.51. The Kier molecular flexibility index (Phi) is 4.65. The number of halogens is 3. The van der Waals surface area contributed by atoms with Crippen LogP contribution in [0.15, 0.2) is 12.4 Å². The van der Waals surface area contributed by atoms with Crippen LogP contribution in [0.5, 0.6) is 0 Å². The van der Waals surface area contributed by atoms with E-state index in [-0.39, 0.29) is 11.3 Å². The van der Waals surface area contributed by atoms with E-state index in [1.54, 1.807) is 0 Å². The second kappa shape index (κ2) is 6.54. The molecule has 2 heterocycles. The minimum absolute atomic E-state index is 0.214. The highest BCUT2D eigenvalue weighted by Crippen LogP contribution is 2.51. The van der Waals surface area contributed by atoms with Crippen molar-refractivity contribution in [1.29, 1.82) is 0 Å². The number of nitrogens with zero attached hydrogens (tertiary/aromatic N) is 2. The number of H-pyrrole nitrogens is 1. The van der Waals surface area contributed by atoms with Crippen molar-refractivity contribution < 1.29 is 19.0 Å². The zero-order valence-corrected chi connectivity index (χ0v) is 12.8. The van der Waals surface area contributed by atoms with Gasteiger partial charge in [-0.1, -0.05) is 11.6 Å². The van der Waals surface area contributed by atoms with Crippen molar-refractivity contribution in [2.45, 2.75) is 31.5 Å². The Morgan fingerprint density at radius 1 is 1.39 bits per heavy atom. The number of pyridine rings is 1. The van der Waals surface area contributed by atoms with Gasteiger partial charge in [0.15, 0.2) is 5.65 Å². The number of hydrogen-bond acceptors (Lipinski definition) is 5. The Balaban J connectivity index is 0.000000162. The fraction of sp³-hybridized carbons (Fsp3) is 0.571. The predicted molar refractivity (Wildman–Crippen MR) is 81.6 cm³/mol. The first-order valence-corrected chi connectivity index (χ1v) is 7.71. The molecular formula is C14H17ClF2N4O2. The summed E-state index contributed by atoms with van der Waals surface area (Å²) < 4.78 is 24.0. The van der Waals surface area contributed by atoms with Gasteiger partial charge in [0.25, 0.3) is 6.43 Å². The molecule has 23 heavy (non-hydrogen) atoms. The lowest BCUT2D eigenvalue weighted by molar-refractivity contribution is 0.0252. The first kappa shape index (κ1) is 16.4. The quantitative estimate of drug-likeness (QED) is 0.638. The van der Waals surface area contributed by atoms with Gasteiger partial charge in [-0.25, -0.2) is 18.7 Å². The SMILES string of the molecule is FC(F)CNc1cc(Cl)nc2nc[nH]c12.OC1CC2CC2C1O. The van der Waals surface area contributed by atoms with E-state index in [0.29, 0.717) is 28.7 Å². The number of hydrogen-bond donors (Lipinski definition) is 4. The van der Waals surface area contributed by atoms with Gasteiger partial charge in [0.2, 0.25) is 0 Å². The van der Waals surface area contributed by atoms with Gasteiger partial charge < -0.3 is 20.5 Å². The van der Waals surface area contributed by atoms with Crippen LogP contribution in [0.2, 0.25) is 5.15 Å². The Morgan fingerprint density at radius 2 is 2.17 bits per heavy atom. The van der Waals surface area contributed by atoms with Crippen LogP contribution in [0.3, 0.4) is 0 Å². The lowest BCUT2D eigenvalue weighted by atomic mass is 10.2. The Morgan fingerprint density at radius 3 is 2.74 bits per heavy atom. The molecule has 2 aliphatic carbocycles. The lowest BCUT2D eigenvalue weighted by Crippen LogP contribution is -2.22. The standard InChI is InChI=1S/C8H7ClF2N4.C6H10O2/c9-5-1-4(12-2-6(10)11)7-8(15-5)14-3-13-7;7-5-2-3-1-4(3)6(5)8/h1,3,6H,2H2,(H2,12,13,14,15);3-8H,1-2H2. The lowest BCUT2D eigenvalue weighted by Gasteiger charge is -2.08. The maximum absolute atomic E-state index is 12.0. The molecule has 0 aromatic carbocycles. The largest absolute Gasteiger partial charge is 0.390 e. The number of aliphatic hydroxyl groups excluding tert-OH is 2. The number of aliphatic hydroxyl groups is 2. The van der Waals surface area contributed by atoms with Gasteiger partial charge >= 0.3 is 0 Å². The monoisotopic (exact) mass is 346 g/mol. The molecule has 126 valence electrons. The molecule has 2 aliphatic rings. The van der Waals surface area contributed by atoms with Crippen molar-refractivity contribution in [3.05, 3.63) is 17.5 Å². The number of imidazole rings is 1. The van der Waals surface area contributed by atoms with Crippen LogP contribution >= 0.6 is 11.6 Å². The van der Waals surface area contributed by atoms with Gasteiger partial charge in [0.1, 0.15) is 10.7 Å². The molecule has 0 radical (unpaired) electrons. The number of fused-ring (bicyclic) bond motifs is 2. The average molecular weight is 347 g/mol. The normalized spacial score (nSPS) is 28.4. The third-order valence-corrected chi connectivity index (χ3v) is 4.36. The summed E-state index contributed by atoms with van der Waals surface area (Å²) in [5, 5.41) is 20.8. The third-order valence-electron chi connectivity index (χ3n) is 4.17. The molecule has 9 heteroatoms. The summed E-state index contributed by atoms with van der Waals surface area (Å²) in [6.07, 6.45) is 0.208. The summed E-state index contributed by atoms with van der Waals surface area (Å²) >= 11 is 5.70. The number of aromatic amines is 1. The van der Waals surface area contributed by atoms with Crippen LogP contribution < -0.4 is 5.32 Å². The molecule has 0 aliphatic heterocycles. The summed E-state index contributed by atoms with van der Waals surface area (Å²) in [7, 11) is 0. The number of anilines is 1. The summed E-state index contributed by atoms with van der Waals surface area (Å²) in [5.41, 5.74) is 1.45. The third kappa shape index (κ3) is 3.70. The molecule has 4 rings (SSSR count). The van der Waals surface area contributed by atoms with Crippen molar-refractivity contribution in [2.75, 3.05) is 11.9 Å². The van der Waals surface area contributed by atoms with E-state index < -0.39 is 19.1 Å². The van der Waals surface area contributed by atoms with Gasteiger partial charge in [0, 0.05) is 6.07 Å². The molecule has 2 fully saturated rings. The van der Waals surface area contributed by atoms with E-state index in [2.05, 4.69) is 20.3 Å². The van der Waals surface area contributed by atoms with E-state index in [9.17, 15) is 8.78 Å². The van der Waals surface area contributed by atoms with Crippen molar-refractivity contribution in [1.82, 2.24) is 15.0 Å². The van der Waals surface area contributed by atoms with Gasteiger partial charge in [0.05, 0.1) is 30.8 Å². The highest BCUT2D eigenvalue weighted by molar-refractivity contribution is 6.30. The van der Waals surface area contributed by atoms with Gasteiger partial charge in [-0.2, -0.15) is 0 Å². The minimum Gasteiger partial charge on any atom is -0.390 e. The summed E-state index contributed by atoms with van der Waals surface area (Å²) in [6.45, 7) is -0.436. The maximum Gasteiger partial charge on any atom is 0.255 e. The van der Waals surface area contributed by atoms with Crippen LogP contribution in [-0.4, -0.2) is 50.3 Å². The van der Waals surface area contributed by atoms with E-state index in [1.807, 2.05) is 0 Å². The maximum atomic E-state index is 12.0. The van der Waals surface area contributed by atoms with E-state index in [0.717, 1.165) is 12.8 Å². The predicted octanol–water partition coefficient (Wildman–Crippen LogP) is 2.04. The Bertz CT molecular complexity index is 682. The Labute approximate surface area is 135 Å². The van der Waals surface area contributed by atoms with Crippen molar-refractivity contribution in [3.63, 3.8) is 0 Å². The molecule has 0 saturated heterocycles. The highest BCUT2D eigenvalue weighted by atomic mass is 35.5. The van der Waals surface area contributed by atoms with E-state index >= 15 is 0 Å². The molecule has 0 spiro atoms. The van der Waals surface area contributed by atoms with Crippen molar-refractivity contribution in [3.8, 4) is 0 Å². The number of nitrogens with one attached hydrogen (secondary N) is 2. The fourth-order valence-corrected chi connectivity index (χ4v) is 3.11. The molecule has 2 aromatic heterocycles. The smallest absolute Gasteiger partial charge is 0.255 e. The molecule has 6 nitrogen and oxygen atoms in total. The fourth-order valence-electron chi connectivity index (χ4n) is 2.92. The molecule has 4 N–H and O–H groups in total. The molecule has 2 aromatic rings. The molecule has 0 amide bonds. The first-order chi connectivity index (χ1) is 11.0. The van der Waals surface area contributed by atoms with Crippen LogP contribution in [0.1, 0.15) is 12.8 Å². The first-order valence-electron chi connectivity index (χ1n) is 7.33. The summed E-state index contributed by atoms with van der Waals surface area (Å²) in [5.74, 6) is 1.13. The number of alkyl halides is 2. The molecule has 2 saturated carbocycles. The van der Waals surface area contributed by atoms with E-state index in [4.69, 9.17) is 21.8 Å². The number of rotatable bonds is 3. The minimum atomic E-state index is -2.42. The second-order valence-corrected chi connectivity index (χ2v) is 6.21. The molecule has 4 unspecified atom stereocenters. The van der Waals surface area contributed by atoms with Crippen LogP contribution in [-0.2, 0) is 0 Å². The van der Waals surface area contributed by atoms with Gasteiger partial charge in [-0.05, 0) is 24.7 Å².